The minimum absolute atomic E-state index is 0.264. The fourth-order valence-corrected chi connectivity index (χ4v) is 5.26. The minimum Gasteiger partial charge on any atom is -0.479 e. The van der Waals surface area contributed by atoms with Gasteiger partial charge < -0.3 is 14.7 Å². The Hall–Kier alpha value is -3.77. The molecule has 0 aliphatic carbocycles. The van der Waals surface area contributed by atoms with Gasteiger partial charge in [0.25, 0.3) is 5.91 Å². The molecule has 6 heteroatoms. The van der Waals surface area contributed by atoms with Gasteiger partial charge in [-0.25, -0.2) is 9.18 Å². The van der Waals surface area contributed by atoms with Gasteiger partial charge in [-0.2, -0.15) is 0 Å². The molecule has 0 spiro atoms. The van der Waals surface area contributed by atoms with Crippen LogP contribution in [0.3, 0.4) is 0 Å². The van der Waals surface area contributed by atoms with Crippen LogP contribution >= 0.6 is 0 Å². The van der Waals surface area contributed by atoms with Gasteiger partial charge in [0, 0.05) is 24.2 Å². The number of amides is 1. The molecule has 0 saturated heterocycles. The van der Waals surface area contributed by atoms with Crippen LogP contribution in [0, 0.1) is 19.7 Å². The third kappa shape index (κ3) is 5.55. The van der Waals surface area contributed by atoms with Crippen molar-refractivity contribution >= 4 is 23.5 Å². The van der Waals surface area contributed by atoms with Gasteiger partial charge in [0.1, 0.15) is 5.82 Å². The predicted octanol–water partition coefficient (Wildman–Crippen LogP) is 7.10. The van der Waals surface area contributed by atoms with E-state index in [1.165, 1.54) is 18.2 Å². The number of fused-ring (bicyclic) bond motifs is 1. The first kappa shape index (κ1) is 27.3. The molecule has 1 aliphatic rings. The molecule has 0 saturated carbocycles. The molecule has 0 fully saturated rings. The van der Waals surface area contributed by atoms with E-state index < -0.39 is 23.5 Å². The van der Waals surface area contributed by atoms with E-state index in [9.17, 15) is 19.1 Å². The Morgan fingerprint density at radius 3 is 2.21 bits per heavy atom. The molecular formula is C32H34FNO4. The zero-order valence-electron chi connectivity index (χ0n) is 22.8. The molecular weight excluding hydrogens is 481 g/mol. The van der Waals surface area contributed by atoms with Crippen molar-refractivity contribution in [1.82, 2.24) is 4.90 Å². The van der Waals surface area contributed by atoms with Gasteiger partial charge in [-0.05, 0) is 98.7 Å². The minimum atomic E-state index is -1.19. The molecule has 3 aromatic rings. The first-order valence-corrected chi connectivity index (χ1v) is 12.7. The predicted molar refractivity (Wildman–Crippen MR) is 147 cm³/mol. The molecule has 1 unspecified atom stereocenters. The summed E-state index contributed by atoms with van der Waals surface area (Å²) in [5, 5.41) is 10.3. The molecule has 1 aliphatic heterocycles. The number of nitrogens with zero attached hydrogens (tertiary/aromatic N) is 1. The van der Waals surface area contributed by atoms with Gasteiger partial charge in [0.15, 0.2) is 6.10 Å². The van der Waals surface area contributed by atoms with Gasteiger partial charge in [0.05, 0.1) is 5.60 Å². The van der Waals surface area contributed by atoms with Gasteiger partial charge in [0.2, 0.25) is 0 Å². The van der Waals surface area contributed by atoms with Crippen molar-refractivity contribution in [1.29, 1.82) is 0 Å². The Kier molecular flexibility index (Phi) is 7.56. The highest BCUT2D eigenvalue weighted by molar-refractivity contribution is 5.95. The number of carboxylic acids is 1. The fraction of sp³-hybridized carbons (Fsp3) is 0.312. The highest BCUT2D eigenvalue weighted by Crippen LogP contribution is 2.42. The standard InChI is InChI=1S/C32H34FNO4/c1-19(15-22-11-8-7-9-12-22)27-20(2)25-17-34(30(35)23-13-10-14-24(33)16-23)18-26(25)21(3)28(27)29(31(36)37)38-32(4,5)6/h7-16,29H,17-18H2,1-6H3,(H,36,37)/b19-15+. The summed E-state index contributed by atoms with van der Waals surface area (Å²) in [6.07, 6.45) is 0.847. The maximum atomic E-state index is 13.8. The number of hydrogen-bond acceptors (Lipinski definition) is 3. The summed E-state index contributed by atoms with van der Waals surface area (Å²) < 4.78 is 20.0. The number of allylic oxidation sites excluding steroid dienone is 1. The second-order valence-electron chi connectivity index (χ2n) is 10.9. The first-order chi connectivity index (χ1) is 17.9. The Balaban J connectivity index is 1.89. The van der Waals surface area contributed by atoms with Crippen molar-refractivity contribution < 1.29 is 23.8 Å². The van der Waals surface area contributed by atoms with Crippen molar-refractivity contribution in [2.45, 2.75) is 66.3 Å². The smallest absolute Gasteiger partial charge is 0.337 e. The van der Waals surface area contributed by atoms with Crippen LogP contribution in [0.4, 0.5) is 4.39 Å². The van der Waals surface area contributed by atoms with Gasteiger partial charge in [-0.3, -0.25) is 4.79 Å². The van der Waals surface area contributed by atoms with Crippen LogP contribution in [0.25, 0.3) is 11.6 Å². The van der Waals surface area contributed by atoms with Crippen LogP contribution in [0.2, 0.25) is 0 Å². The highest BCUT2D eigenvalue weighted by Gasteiger charge is 2.36. The third-order valence-corrected chi connectivity index (χ3v) is 6.91. The lowest BCUT2D eigenvalue weighted by atomic mass is 9.83. The number of ether oxygens (including phenoxy) is 1. The Labute approximate surface area is 223 Å². The molecule has 0 radical (unpaired) electrons. The molecule has 5 nitrogen and oxygen atoms in total. The summed E-state index contributed by atoms with van der Waals surface area (Å²) in [7, 11) is 0. The number of aliphatic carboxylic acids is 1. The van der Waals surface area contributed by atoms with Crippen LogP contribution in [0.5, 0.6) is 0 Å². The first-order valence-electron chi connectivity index (χ1n) is 12.7. The summed E-state index contributed by atoms with van der Waals surface area (Å²) in [6, 6.07) is 15.5. The lowest BCUT2D eigenvalue weighted by Crippen LogP contribution is -2.29. The molecule has 3 aromatic carbocycles. The van der Waals surface area contributed by atoms with E-state index in [1.807, 2.05) is 78.0 Å². The summed E-state index contributed by atoms with van der Waals surface area (Å²) >= 11 is 0. The van der Waals surface area contributed by atoms with Crippen molar-refractivity contribution in [2.24, 2.45) is 0 Å². The number of carbonyl (C=O) groups excluding carboxylic acids is 1. The number of rotatable bonds is 6. The number of halogens is 1. The molecule has 1 amide bonds. The van der Waals surface area contributed by atoms with Gasteiger partial charge >= 0.3 is 5.97 Å². The molecule has 198 valence electrons. The van der Waals surface area contributed by atoms with Crippen molar-refractivity contribution in [3.8, 4) is 0 Å². The lowest BCUT2D eigenvalue weighted by molar-refractivity contribution is -0.160. The molecule has 4 rings (SSSR count). The Morgan fingerprint density at radius 1 is 1.00 bits per heavy atom. The number of hydrogen-bond donors (Lipinski definition) is 1. The van der Waals surface area contributed by atoms with Crippen LogP contribution in [0.15, 0.2) is 54.6 Å². The normalized spacial score (nSPS) is 14.4. The van der Waals surface area contributed by atoms with Crippen LogP contribution in [-0.2, 0) is 22.6 Å². The second kappa shape index (κ2) is 10.5. The maximum Gasteiger partial charge on any atom is 0.337 e. The van der Waals surface area contributed by atoms with E-state index in [4.69, 9.17) is 4.74 Å². The second-order valence-corrected chi connectivity index (χ2v) is 10.9. The third-order valence-electron chi connectivity index (χ3n) is 6.91. The van der Waals surface area contributed by atoms with Crippen LogP contribution < -0.4 is 0 Å². The molecule has 1 heterocycles. The summed E-state index contributed by atoms with van der Waals surface area (Å²) in [5.74, 6) is -1.79. The summed E-state index contributed by atoms with van der Waals surface area (Å²) in [4.78, 5) is 27.6. The van der Waals surface area contributed by atoms with Crippen LogP contribution in [0.1, 0.15) is 83.1 Å². The van der Waals surface area contributed by atoms with Gasteiger partial charge in [-0.1, -0.05) is 42.5 Å². The largest absolute Gasteiger partial charge is 0.479 e. The molecule has 1 N–H and O–H groups in total. The number of benzene rings is 3. The lowest BCUT2D eigenvalue weighted by Gasteiger charge is -2.30. The Bertz CT molecular complexity index is 1420. The van der Waals surface area contributed by atoms with E-state index in [-0.39, 0.29) is 11.5 Å². The SMILES string of the molecule is C/C(=C\c1ccccc1)c1c(C)c2c(c(C)c1C(OC(C)(C)C)C(=O)O)CN(C(=O)c1cccc(F)c1)C2. The van der Waals surface area contributed by atoms with Crippen molar-refractivity contribution in [3.05, 3.63) is 105 Å². The monoisotopic (exact) mass is 515 g/mol. The average Bonchev–Trinajstić information content (AvgIpc) is 3.30. The molecule has 38 heavy (non-hydrogen) atoms. The van der Waals surface area contributed by atoms with E-state index in [2.05, 4.69) is 0 Å². The highest BCUT2D eigenvalue weighted by atomic mass is 19.1. The van der Waals surface area contributed by atoms with E-state index in [0.29, 0.717) is 18.7 Å². The molecule has 1 atom stereocenters. The topological polar surface area (TPSA) is 66.8 Å². The maximum absolute atomic E-state index is 13.8. The fourth-order valence-electron chi connectivity index (χ4n) is 5.26. The Morgan fingerprint density at radius 2 is 1.63 bits per heavy atom. The molecule has 0 aromatic heterocycles. The summed E-state index contributed by atoms with van der Waals surface area (Å²) in [6.45, 7) is 12.1. The quantitative estimate of drug-likeness (QED) is 0.356. The van der Waals surface area contributed by atoms with Crippen LogP contribution in [-0.4, -0.2) is 27.5 Å². The van der Waals surface area contributed by atoms with E-state index >= 15 is 0 Å². The zero-order valence-corrected chi connectivity index (χ0v) is 22.8. The van der Waals surface area contributed by atoms with Gasteiger partial charge in [-0.15, -0.1) is 0 Å². The average molecular weight is 516 g/mol. The van der Waals surface area contributed by atoms with E-state index in [1.54, 1.807) is 11.0 Å². The van der Waals surface area contributed by atoms with Crippen molar-refractivity contribution in [2.75, 3.05) is 0 Å². The van der Waals surface area contributed by atoms with E-state index in [0.717, 1.165) is 39.0 Å². The number of carboxylic acid groups (broad SMARTS) is 1. The zero-order chi connectivity index (χ0) is 27.8. The molecule has 0 bridgehead atoms. The van der Waals surface area contributed by atoms with Crippen molar-refractivity contribution in [3.63, 3.8) is 0 Å². The number of carbonyl (C=O) groups is 2. The summed E-state index contributed by atoms with van der Waals surface area (Å²) in [5.41, 5.74) is 6.55.